The van der Waals surface area contributed by atoms with Crippen molar-refractivity contribution in [1.29, 1.82) is 0 Å². The van der Waals surface area contributed by atoms with Crippen LogP contribution in [-0.2, 0) is 30.3 Å². The van der Waals surface area contributed by atoms with Gasteiger partial charge in [0.15, 0.2) is 11.6 Å². The monoisotopic (exact) mass is 392 g/mol. The van der Waals surface area contributed by atoms with Crippen LogP contribution < -0.4 is 0 Å². The summed E-state index contributed by atoms with van der Waals surface area (Å²) in [5.41, 5.74) is 0.0283. The number of aliphatic hydroxyl groups is 1. The Morgan fingerprint density at radius 3 is 2.25 bits per heavy atom. The average Bonchev–Trinajstić information content (AvgIpc) is 3.17. The highest BCUT2D eigenvalue weighted by atomic mass is 16.8. The summed E-state index contributed by atoms with van der Waals surface area (Å²) in [5, 5.41) is 11.8. The zero-order chi connectivity index (χ0) is 20.6. The molecule has 0 amide bonds. The molecule has 2 aliphatic rings. The van der Waals surface area contributed by atoms with Crippen LogP contribution in [0.1, 0.15) is 40.2 Å². The van der Waals surface area contributed by atoms with Crippen molar-refractivity contribution < 1.29 is 28.8 Å². The molecule has 0 aliphatic carbocycles. The smallest absolute Gasteiger partial charge is 0.163 e. The molecule has 0 spiro atoms. The molecular formula is C22H32O6. The molecule has 2 saturated heterocycles. The van der Waals surface area contributed by atoms with Crippen molar-refractivity contribution in [2.45, 2.75) is 76.7 Å². The van der Waals surface area contributed by atoms with Crippen molar-refractivity contribution in [3.63, 3.8) is 0 Å². The first-order valence-electron chi connectivity index (χ1n) is 9.71. The molecular weight excluding hydrogens is 360 g/mol. The number of benzene rings is 1. The standard InChI is InChI=1S/C22H32O6/c1-15(2)22(23,18-14-26-21(5,6)28-18)19(17-13-25-20(3,4)27-17)24-12-16-10-8-7-9-11-16/h7-11,17-19,23H,1,12-14H2,2-6H3/t17-,18-,19+,22-/m0/s1. The van der Waals surface area contributed by atoms with E-state index in [9.17, 15) is 5.11 Å². The zero-order valence-corrected chi connectivity index (χ0v) is 17.4. The second-order valence-electron chi connectivity index (χ2n) is 8.51. The summed E-state index contributed by atoms with van der Waals surface area (Å²) in [7, 11) is 0. The van der Waals surface area contributed by atoms with Crippen LogP contribution in [0.25, 0.3) is 0 Å². The van der Waals surface area contributed by atoms with Crippen molar-refractivity contribution in [3.8, 4) is 0 Å². The van der Waals surface area contributed by atoms with E-state index in [1.54, 1.807) is 6.92 Å². The van der Waals surface area contributed by atoms with Crippen LogP contribution in [0.5, 0.6) is 0 Å². The molecule has 1 N–H and O–H groups in total. The van der Waals surface area contributed by atoms with E-state index < -0.39 is 35.5 Å². The van der Waals surface area contributed by atoms with Gasteiger partial charge in [-0.2, -0.15) is 0 Å². The third-order valence-corrected chi connectivity index (χ3v) is 5.26. The third kappa shape index (κ3) is 4.48. The van der Waals surface area contributed by atoms with E-state index in [-0.39, 0.29) is 6.61 Å². The fraction of sp³-hybridized carbons (Fsp3) is 0.636. The predicted molar refractivity (Wildman–Crippen MR) is 105 cm³/mol. The molecule has 6 heteroatoms. The minimum absolute atomic E-state index is 0.235. The number of hydrogen-bond acceptors (Lipinski definition) is 6. The van der Waals surface area contributed by atoms with Crippen molar-refractivity contribution >= 4 is 0 Å². The van der Waals surface area contributed by atoms with Gasteiger partial charge in [-0.15, -0.1) is 0 Å². The highest BCUT2D eigenvalue weighted by Gasteiger charge is 2.56. The molecule has 156 valence electrons. The van der Waals surface area contributed by atoms with E-state index in [4.69, 9.17) is 23.7 Å². The first-order valence-corrected chi connectivity index (χ1v) is 9.71. The quantitative estimate of drug-likeness (QED) is 0.719. The van der Waals surface area contributed by atoms with Gasteiger partial charge in [-0.3, -0.25) is 0 Å². The van der Waals surface area contributed by atoms with Gasteiger partial charge in [0.25, 0.3) is 0 Å². The summed E-state index contributed by atoms with van der Waals surface area (Å²) in [6.07, 6.45) is -1.85. The lowest BCUT2D eigenvalue weighted by Crippen LogP contribution is -2.60. The predicted octanol–water partition coefficient (Wildman–Crippen LogP) is 3.18. The lowest BCUT2D eigenvalue weighted by Gasteiger charge is -2.42. The van der Waals surface area contributed by atoms with Gasteiger partial charge < -0.3 is 28.8 Å². The van der Waals surface area contributed by atoms with Gasteiger partial charge >= 0.3 is 0 Å². The third-order valence-electron chi connectivity index (χ3n) is 5.26. The SMILES string of the molecule is C=C(C)[C@](O)([C@@H]1COC(C)(C)O1)[C@H](OCc1ccccc1)[C@@H]1COC(C)(C)O1. The minimum atomic E-state index is -1.50. The van der Waals surface area contributed by atoms with E-state index >= 15 is 0 Å². The van der Waals surface area contributed by atoms with Gasteiger partial charge in [-0.1, -0.05) is 36.9 Å². The van der Waals surface area contributed by atoms with Gasteiger partial charge in [0.2, 0.25) is 0 Å². The molecule has 0 aromatic heterocycles. The summed E-state index contributed by atoms with van der Waals surface area (Å²) in [6.45, 7) is 14.0. The summed E-state index contributed by atoms with van der Waals surface area (Å²) < 4.78 is 29.8. The second-order valence-corrected chi connectivity index (χ2v) is 8.51. The molecule has 0 saturated carbocycles. The van der Waals surface area contributed by atoms with Crippen LogP contribution in [0, 0.1) is 0 Å². The van der Waals surface area contributed by atoms with Crippen molar-refractivity contribution in [2.75, 3.05) is 13.2 Å². The Kier molecular flexibility index (Phi) is 6.01. The Labute approximate surface area is 167 Å². The van der Waals surface area contributed by atoms with Gasteiger partial charge in [0.1, 0.15) is 23.9 Å². The largest absolute Gasteiger partial charge is 0.380 e. The molecule has 0 unspecified atom stereocenters. The maximum Gasteiger partial charge on any atom is 0.163 e. The van der Waals surface area contributed by atoms with Crippen LogP contribution in [0.3, 0.4) is 0 Å². The van der Waals surface area contributed by atoms with E-state index in [0.717, 1.165) is 5.56 Å². The molecule has 3 rings (SSSR count). The van der Waals surface area contributed by atoms with E-state index in [0.29, 0.717) is 18.8 Å². The topological polar surface area (TPSA) is 66.4 Å². The van der Waals surface area contributed by atoms with Gasteiger partial charge in [-0.25, -0.2) is 0 Å². The Morgan fingerprint density at radius 1 is 1.14 bits per heavy atom. The van der Waals surface area contributed by atoms with E-state index in [1.807, 2.05) is 58.0 Å². The summed E-state index contributed by atoms with van der Waals surface area (Å²) in [5.74, 6) is -1.54. The van der Waals surface area contributed by atoms with Crippen LogP contribution in [0.4, 0.5) is 0 Å². The van der Waals surface area contributed by atoms with E-state index in [1.165, 1.54) is 0 Å². The lowest BCUT2D eigenvalue weighted by molar-refractivity contribution is -0.221. The fourth-order valence-electron chi connectivity index (χ4n) is 3.75. The lowest BCUT2D eigenvalue weighted by atomic mass is 9.81. The normalized spacial score (nSPS) is 29.4. The second kappa shape index (κ2) is 7.86. The van der Waals surface area contributed by atoms with Gasteiger partial charge in [-0.05, 0) is 45.8 Å². The van der Waals surface area contributed by atoms with Gasteiger partial charge in [0, 0.05) is 0 Å². The molecule has 0 radical (unpaired) electrons. The fourth-order valence-corrected chi connectivity index (χ4v) is 3.75. The molecule has 1 aromatic rings. The van der Waals surface area contributed by atoms with Crippen LogP contribution in [0.2, 0.25) is 0 Å². The maximum absolute atomic E-state index is 11.8. The highest BCUT2D eigenvalue weighted by molar-refractivity contribution is 5.21. The Balaban J connectivity index is 1.89. The first kappa shape index (κ1) is 21.4. The van der Waals surface area contributed by atoms with Crippen LogP contribution in [-0.4, -0.2) is 53.8 Å². The van der Waals surface area contributed by atoms with Crippen molar-refractivity contribution in [3.05, 3.63) is 48.0 Å². The maximum atomic E-state index is 11.8. The Bertz CT molecular complexity index is 686. The van der Waals surface area contributed by atoms with Crippen molar-refractivity contribution in [2.24, 2.45) is 0 Å². The highest BCUT2D eigenvalue weighted by Crippen LogP contribution is 2.40. The molecule has 0 bridgehead atoms. The molecule has 4 atom stereocenters. The average molecular weight is 392 g/mol. The van der Waals surface area contributed by atoms with E-state index in [2.05, 4.69) is 6.58 Å². The van der Waals surface area contributed by atoms with Crippen molar-refractivity contribution in [1.82, 2.24) is 0 Å². The molecule has 2 aliphatic heterocycles. The summed E-state index contributed by atoms with van der Waals surface area (Å²) in [4.78, 5) is 0. The zero-order valence-electron chi connectivity index (χ0n) is 17.4. The summed E-state index contributed by atoms with van der Waals surface area (Å²) >= 11 is 0. The Hall–Kier alpha value is -1.28. The molecule has 6 nitrogen and oxygen atoms in total. The number of hydrogen-bond donors (Lipinski definition) is 1. The summed E-state index contributed by atoms with van der Waals surface area (Å²) in [6, 6.07) is 9.81. The number of ether oxygens (including phenoxy) is 5. The minimum Gasteiger partial charge on any atom is -0.380 e. The Morgan fingerprint density at radius 2 is 1.75 bits per heavy atom. The number of rotatable bonds is 7. The molecule has 1 aromatic carbocycles. The van der Waals surface area contributed by atoms with Gasteiger partial charge in [0.05, 0.1) is 19.8 Å². The first-order chi connectivity index (χ1) is 13.0. The molecule has 2 fully saturated rings. The molecule has 2 heterocycles. The van der Waals surface area contributed by atoms with Crippen LogP contribution >= 0.6 is 0 Å². The molecule has 28 heavy (non-hydrogen) atoms. The van der Waals surface area contributed by atoms with Crippen LogP contribution in [0.15, 0.2) is 42.5 Å².